The summed E-state index contributed by atoms with van der Waals surface area (Å²) in [6.07, 6.45) is 0. The number of aromatic nitrogens is 4. The maximum atomic E-state index is 11.4. The smallest absolute Gasteiger partial charge is 0.101 e. The Hall–Kier alpha value is -8.84. The third kappa shape index (κ3) is 4.97. The van der Waals surface area contributed by atoms with Gasteiger partial charge in [-0.3, -0.25) is 0 Å². The minimum atomic E-state index is -0.123. The van der Waals surface area contributed by atoms with Crippen molar-refractivity contribution in [2.75, 3.05) is 0 Å². The maximum absolute atomic E-state index is 11.4. The van der Waals surface area contributed by atoms with E-state index >= 15 is 0 Å². The van der Waals surface area contributed by atoms with E-state index in [4.69, 9.17) is 0 Å². The van der Waals surface area contributed by atoms with Gasteiger partial charge >= 0.3 is 0 Å². The summed E-state index contributed by atoms with van der Waals surface area (Å²) < 4.78 is 9.39. The fourth-order valence-corrected chi connectivity index (χ4v) is 11.1. The summed E-state index contributed by atoms with van der Waals surface area (Å²) in [4.78, 5) is 0. The first-order valence-electron chi connectivity index (χ1n) is 22.1. The van der Waals surface area contributed by atoms with Crippen molar-refractivity contribution in [2.24, 2.45) is 0 Å². The van der Waals surface area contributed by atoms with Crippen LogP contribution >= 0.6 is 0 Å². The zero-order valence-electron chi connectivity index (χ0n) is 35.7. The number of para-hydroxylation sites is 6. The van der Waals surface area contributed by atoms with E-state index in [2.05, 4.69) is 226 Å². The van der Waals surface area contributed by atoms with E-state index in [9.17, 15) is 10.5 Å². The van der Waals surface area contributed by atoms with Gasteiger partial charge < -0.3 is 18.3 Å². The van der Waals surface area contributed by atoms with Crippen molar-refractivity contribution in [1.82, 2.24) is 18.3 Å². The summed E-state index contributed by atoms with van der Waals surface area (Å²) in [5, 5.41) is 31.6. The highest BCUT2D eigenvalue weighted by molar-refractivity contribution is 6.28. The zero-order valence-corrected chi connectivity index (χ0v) is 35.7. The topological polar surface area (TPSA) is 67.3 Å². The van der Waals surface area contributed by atoms with E-state index < -0.39 is 0 Å². The van der Waals surface area contributed by atoms with Crippen LogP contribution in [0.4, 0.5) is 0 Å². The van der Waals surface area contributed by atoms with Crippen molar-refractivity contribution in [1.29, 1.82) is 10.5 Å². The van der Waals surface area contributed by atoms with Crippen LogP contribution in [0.3, 0.4) is 0 Å². The summed E-state index contributed by atoms with van der Waals surface area (Å²) in [7, 11) is 0. The van der Waals surface area contributed by atoms with Crippen LogP contribution in [0, 0.1) is 22.7 Å². The number of benzene rings is 9. The van der Waals surface area contributed by atoms with Crippen molar-refractivity contribution in [3.8, 4) is 34.9 Å². The third-order valence-electron chi connectivity index (χ3n) is 13.5. The van der Waals surface area contributed by atoms with E-state index in [-0.39, 0.29) is 5.92 Å². The van der Waals surface area contributed by atoms with Gasteiger partial charge in [0, 0.05) is 60.0 Å². The van der Waals surface area contributed by atoms with Gasteiger partial charge in [-0.05, 0) is 72.6 Å². The lowest BCUT2D eigenvalue weighted by Gasteiger charge is -2.24. The first kappa shape index (κ1) is 36.8. The van der Waals surface area contributed by atoms with Gasteiger partial charge in [0.1, 0.15) is 12.1 Å². The van der Waals surface area contributed by atoms with Gasteiger partial charge in [-0.1, -0.05) is 135 Å². The summed E-state index contributed by atoms with van der Waals surface area (Å²) in [5.41, 5.74) is 14.0. The van der Waals surface area contributed by atoms with Crippen LogP contribution in [0.2, 0.25) is 0 Å². The molecule has 0 saturated carbocycles. The Labute approximate surface area is 373 Å². The largest absolute Gasteiger partial charge is 0.309 e. The van der Waals surface area contributed by atoms with E-state index in [1.54, 1.807) is 0 Å². The van der Waals surface area contributed by atoms with Gasteiger partial charge in [0.15, 0.2) is 0 Å². The number of hydrogen-bond donors (Lipinski definition) is 0. The number of hydrogen-bond acceptors (Lipinski definition) is 2. The molecule has 0 aliphatic heterocycles. The average molecular weight is 831 g/mol. The van der Waals surface area contributed by atoms with Crippen LogP contribution in [0.15, 0.2) is 188 Å². The van der Waals surface area contributed by atoms with Gasteiger partial charge in [0.2, 0.25) is 0 Å². The molecule has 0 unspecified atom stereocenters. The second-order valence-electron chi connectivity index (χ2n) is 17.3. The molecule has 0 spiro atoms. The molecular weight excluding hydrogens is 793 g/mol. The highest BCUT2D eigenvalue weighted by Crippen LogP contribution is 2.48. The Bertz CT molecular complexity index is 3950. The standard InChI is InChI=1S/C59H38N6/c1-36(2)53-56(64-47-25-13-9-21-41(47)43-29-31-51-54(58(43)64)45-23-11-15-27-49(45)62(51)39-17-5-3-6-18-39)37(34-60)33-38(35-61)57(53)65-48-26-14-10-22-42(48)44-30-32-52-55(59(44)65)46-24-12-16-28-50(46)63(52)40-19-7-4-8-20-40/h3-33,36H,1-2H3. The summed E-state index contributed by atoms with van der Waals surface area (Å²) in [6, 6.07) is 71.4. The van der Waals surface area contributed by atoms with Gasteiger partial charge in [-0.25, -0.2) is 0 Å². The molecule has 0 bridgehead atoms. The summed E-state index contributed by atoms with van der Waals surface area (Å²) >= 11 is 0. The van der Waals surface area contributed by atoms with Gasteiger partial charge in [0.05, 0.1) is 66.6 Å². The molecule has 6 nitrogen and oxygen atoms in total. The first-order chi connectivity index (χ1) is 32.1. The molecule has 304 valence electrons. The minimum Gasteiger partial charge on any atom is -0.309 e. The predicted molar refractivity (Wildman–Crippen MR) is 267 cm³/mol. The number of fused-ring (bicyclic) bond motifs is 14. The monoisotopic (exact) mass is 830 g/mol. The highest BCUT2D eigenvalue weighted by Gasteiger charge is 2.30. The molecular formula is C59H38N6. The Morgan fingerprint density at radius 2 is 0.708 bits per heavy atom. The Kier molecular flexibility index (Phi) is 7.83. The highest BCUT2D eigenvalue weighted by atomic mass is 15.1. The molecule has 0 N–H and O–H groups in total. The van der Waals surface area contributed by atoms with Crippen molar-refractivity contribution in [3.63, 3.8) is 0 Å². The molecule has 13 rings (SSSR count). The molecule has 0 fully saturated rings. The molecule has 0 atom stereocenters. The average Bonchev–Trinajstić information content (AvgIpc) is 4.08. The van der Waals surface area contributed by atoms with Crippen LogP contribution < -0.4 is 0 Å². The lowest BCUT2D eigenvalue weighted by molar-refractivity contribution is 0.840. The lowest BCUT2D eigenvalue weighted by Crippen LogP contribution is -2.12. The quantitative estimate of drug-likeness (QED) is 0.173. The van der Waals surface area contributed by atoms with Crippen LogP contribution in [0.1, 0.15) is 36.5 Å². The molecule has 13 aromatic rings. The van der Waals surface area contributed by atoms with Crippen LogP contribution in [0.5, 0.6) is 0 Å². The molecule has 0 saturated heterocycles. The second kappa shape index (κ2) is 13.8. The molecule has 0 aliphatic carbocycles. The van der Waals surface area contributed by atoms with E-state index in [1.165, 1.54) is 0 Å². The van der Waals surface area contributed by atoms with Crippen molar-refractivity contribution in [3.05, 3.63) is 205 Å². The lowest BCUT2D eigenvalue weighted by atomic mass is 9.91. The van der Waals surface area contributed by atoms with Crippen LogP contribution in [0.25, 0.3) is 110 Å². The second-order valence-corrected chi connectivity index (χ2v) is 17.3. The fraction of sp³-hybridized carbons (Fsp3) is 0.0508. The van der Waals surface area contributed by atoms with Crippen molar-refractivity contribution in [2.45, 2.75) is 19.8 Å². The number of nitriles is 2. The molecule has 6 heteroatoms. The summed E-state index contributed by atoms with van der Waals surface area (Å²) in [5.74, 6) is -0.123. The number of nitrogens with zero attached hydrogens (tertiary/aromatic N) is 6. The Balaban J connectivity index is 1.25. The maximum Gasteiger partial charge on any atom is 0.101 e. The zero-order chi connectivity index (χ0) is 43.5. The molecule has 65 heavy (non-hydrogen) atoms. The number of rotatable bonds is 5. The van der Waals surface area contributed by atoms with Crippen molar-refractivity contribution < 1.29 is 0 Å². The first-order valence-corrected chi connectivity index (χ1v) is 22.1. The third-order valence-corrected chi connectivity index (χ3v) is 13.5. The normalized spacial score (nSPS) is 12.0. The SMILES string of the molecule is CC(C)c1c(-n2c3ccccc3c3ccc4c(c5ccccc5n4-c4ccccc4)c32)c(C#N)cc(C#N)c1-n1c2ccccc2c2ccc3c(c4ccccc4n3-c3ccccc3)c21. The van der Waals surface area contributed by atoms with Crippen LogP contribution in [-0.4, -0.2) is 18.3 Å². The van der Waals surface area contributed by atoms with Gasteiger partial charge in [-0.15, -0.1) is 0 Å². The molecule has 9 aromatic carbocycles. The fourth-order valence-electron chi connectivity index (χ4n) is 11.1. The molecule has 0 aliphatic rings. The van der Waals surface area contributed by atoms with E-state index in [1.807, 2.05) is 6.07 Å². The summed E-state index contributed by atoms with van der Waals surface area (Å²) in [6.45, 7) is 4.39. The van der Waals surface area contributed by atoms with E-state index in [0.717, 1.165) is 116 Å². The predicted octanol–water partition coefficient (Wildman–Crippen LogP) is 14.9. The minimum absolute atomic E-state index is 0.123. The van der Waals surface area contributed by atoms with E-state index in [0.29, 0.717) is 11.1 Å². The van der Waals surface area contributed by atoms with Gasteiger partial charge in [0.25, 0.3) is 0 Å². The Morgan fingerprint density at radius 1 is 0.354 bits per heavy atom. The molecule has 0 amide bonds. The van der Waals surface area contributed by atoms with Gasteiger partial charge in [-0.2, -0.15) is 10.5 Å². The molecule has 4 heterocycles. The molecule has 4 aromatic heterocycles. The Morgan fingerprint density at radius 3 is 1.09 bits per heavy atom. The van der Waals surface area contributed by atoms with Crippen molar-refractivity contribution >= 4 is 87.2 Å². The molecule has 0 radical (unpaired) electrons. The van der Waals surface area contributed by atoms with Crippen LogP contribution in [-0.2, 0) is 0 Å².